The zero-order chi connectivity index (χ0) is 15.7. The Hall–Kier alpha value is -1.83. The number of rotatable bonds is 2. The third-order valence-corrected chi connectivity index (χ3v) is 4.10. The lowest BCUT2D eigenvalue weighted by Gasteiger charge is -2.34. The van der Waals surface area contributed by atoms with Crippen molar-refractivity contribution >= 4 is 5.91 Å². The van der Waals surface area contributed by atoms with Crippen LogP contribution in [0.4, 0.5) is 0 Å². The van der Waals surface area contributed by atoms with Crippen LogP contribution in [0.2, 0.25) is 0 Å². The van der Waals surface area contributed by atoms with Gasteiger partial charge >= 0.3 is 0 Å². The molecule has 1 fully saturated rings. The Balaban J connectivity index is 2.13. The third kappa shape index (κ3) is 3.44. The lowest BCUT2D eigenvalue weighted by atomic mass is 9.77. The van der Waals surface area contributed by atoms with E-state index in [9.17, 15) is 10.1 Å². The average Bonchev–Trinajstić information content (AvgIpc) is 2.88. The Bertz CT molecular complexity index is 564. The standard InChI is InChI=1S/C16H24N4O/c1-12-6-5-7-16(8-12,11-17)19-14(21)13-9-18-20(10-13)15(2,3)4/h9-10,12H,5-8H2,1-4H3,(H,19,21)/t12-,16-/m1/s1. The van der Waals surface area contributed by atoms with E-state index in [-0.39, 0.29) is 11.4 Å². The minimum absolute atomic E-state index is 0.162. The lowest BCUT2D eigenvalue weighted by Crippen LogP contribution is -2.50. The first-order valence-corrected chi connectivity index (χ1v) is 7.55. The van der Waals surface area contributed by atoms with Crippen molar-refractivity contribution in [3.8, 4) is 6.07 Å². The van der Waals surface area contributed by atoms with Gasteiger partial charge in [-0.05, 0) is 46.0 Å². The second-order valence-electron chi connectivity index (χ2n) is 7.19. The topological polar surface area (TPSA) is 70.7 Å². The molecule has 0 bridgehead atoms. The SMILES string of the molecule is C[C@@H]1CCC[C@@](C#N)(NC(=O)c2cnn(C(C)(C)C)c2)C1. The maximum absolute atomic E-state index is 12.4. The molecule has 0 spiro atoms. The molecule has 2 rings (SSSR count). The molecule has 0 aliphatic heterocycles. The molecular weight excluding hydrogens is 264 g/mol. The second kappa shape index (κ2) is 5.51. The zero-order valence-corrected chi connectivity index (χ0v) is 13.3. The molecule has 1 aliphatic rings. The van der Waals surface area contributed by atoms with Crippen molar-refractivity contribution in [2.45, 2.75) is 64.5 Å². The van der Waals surface area contributed by atoms with Gasteiger partial charge in [0.25, 0.3) is 5.91 Å². The van der Waals surface area contributed by atoms with E-state index in [2.05, 4.69) is 23.4 Å². The minimum Gasteiger partial charge on any atom is -0.334 e. The van der Waals surface area contributed by atoms with Crippen LogP contribution in [0.5, 0.6) is 0 Å². The first-order valence-electron chi connectivity index (χ1n) is 7.55. The van der Waals surface area contributed by atoms with Gasteiger partial charge in [0, 0.05) is 6.20 Å². The van der Waals surface area contributed by atoms with Gasteiger partial charge in [0.2, 0.25) is 0 Å². The van der Waals surface area contributed by atoms with Crippen molar-refractivity contribution in [2.24, 2.45) is 5.92 Å². The Morgan fingerprint density at radius 3 is 2.81 bits per heavy atom. The molecule has 1 amide bonds. The summed E-state index contributed by atoms with van der Waals surface area (Å²) in [6.45, 7) is 8.22. The van der Waals surface area contributed by atoms with Gasteiger partial charge in [0.15, 0.2) is 0 Å². The normalized spacial score (nSPS) is 26.1. The number of nitrogens with zero attached hydrogens (tertiary/aromatic N) is 3. The van der Waals surface area contributed by atoms with Crippen LogP contribution in [0.3, 0.4) is 0 Å². The molecule has 1 aromatic rings. The van der Waals surface area contributed by atoms with Crippen molar-refractivity contribution < 1.29 is 4.79 Å². The van der Waals surface area contributed by atoms with Gasteiger partial charge in [-0.2, -0.15) is 10.4 Å². The largest absolute Gasteiger partial charge is 0.334 e. The van der Waals surface area contributed by atoms with E-state index >= 15 is 0 Å². The summed E-state index contributed by atoms with van der Waals surface area (Å²) in [6, 6.07) is 2.33. The fraction of sp³-hybridized carbons (Fsp3) is 0.688. The van der Waals surface area contributed by atoms with Crippen molar-refractivity contribution in [3.05, 3.63) is 18.0 Å². The third-order valence-electron chi connectivity index (χ3n) is 4.10. The Labute approximate surface area is 126 Å². The minimum atomic E-state index is -0.724. The summed E-state index contributed by atoms with van der Waals surface area (Å²) in [7, 11) is 0. The van der Waals surface area contributed by atoms with Gasteiger partial charge in [0.05, 0.1) is 23.4 Å². The van der Waals surface area contributed by atoms with E-state index in [4.69, 9.17) is 0 Å². The van der Waals surface area contributed by atoms with Crippen molar-refractivity contribution in [1.29, 1.82) is 5.26 Å². The summed E-state index contributed by atoms with van der Waals surface area (Å²) in [5.74, 6) is 0.261. The van der Waals surface area contributed by atoms with E-state index in [1.807, 2.05) is 20.8 Å². The van der Waals surface area contributed by atoms with Crippen LogP contribution in [-0.2, 0) is 5.54 Å². The number of hydrogen-bond donors (Lipinski definition) is 1. The highest BCUT2D eigenvalue weighted by Gasteiger charge is 2.37. The fourth-order valence-electron chi connectivity index (χ4n) is 2.89. The van der Waals surface area contributed by atoms with Crippen LogP contribution in [-0.4, -0.2) is 21.2 Å². The van der Waals surface area contributed by atoms with Crippen LogP contribution < -0.4 is 5.32 Å². The van der Waals surface area contributed by atoms with Crippen molar-refractivity contribution in [1.82, 2.24) is 15.1 Å². The lowest BCUT2D eigenvalue weighted by molar-refractivity contribution is 0.0890. The molecule has 21 heavy (non-hydrogen) atoms. The molecule has 1 saturated carbocycles. The summed E-state index contributed by atoms with van der Waals surface area (Å²) in [6.07, 6.45) is 6.87. The number of nitriles is 1. The number of hydrogen-bond acceptors (Lipinski definition) is 3. The van der Waals surface area contributed by atoms with Crippen LogP contribution >= 0.6 is 0 Å². The smallest absolute Gasteiger partial charge is 0.255 e. The maximum atomic E-state index is 12.4. The number of carbonyl (C=O) groups is 1. The molecule has 2 atom stereocenters. The van der Waals surface area contributed by atoms with Gasteiger partial charge in [-0.15, -0.1) is 0 Å². The number of nitrogens with one attached hydrogen (secondary N) is 1. The molecule has 1 aromatic heterocycles. The summed E-state index contributed by atoms with van der Waals surface area (Å²) in [5, 5.41) is 16.7. The van der Waals surface area contributed by atoms with Gasteiger partial charge in [-0.1, -0.05) is 13.3 Å². The number of aromatic nitrogens is 2. The maximum Gasteiger partial charge on any atom is 0.255 e. The average molecular weight is 288 g/mol. The van der Waals surface area contributed by atoms with Crippen LogP contribution in [0.15, 0.2) is 12.4 Å². The fourth-order valence-corrected chi connectivity index (χ4v) is 2.89. The van der Waals surface area contributed by atoms with Crippen LogP contribution in [0.25, 0.3) is 0 Å². The van der Waals surface area contributed by atoms with Crippen molar-refractivity contribution in [2.75, 3.05) is 0 Å². The van der Waals surface area contributed by atoms with E-state index in [1.165, 1.54) is 0 Å². The van der Waals surface area contributed by atoms with Crippen LogP contribution in [0, 0.1) is 17.2 Å². The molecule has 0 aromatic carbocycles. The highest BCUT2D eigenvalue weighted by Crippen LogP contribution is 2.32. The van der Waals surface area contributed by atoms with Gasteiger partial charge in [-0.3, -0.25) is 9.48 Å². The van der Waals surface area contributed by atoms with Gasteiger partial charge < -0.3 is 5.32 Å². The molecule has 1 heterocycles. The van der Waals surface area contributed by atoms with E-state index in [1.54, 1.807) is 17.1 Å². The molecule has 5 heteroatoms. The van der Waals surface area contributed by atoms with Crippen molar-refractivity contribution in [3.63, 3.8) is 0 Å². The first-order chi connectivity index (χ1) is 9.76. The second-order valence-corrected chi connectivity index (χ2v) is 7.19. The molecule has 1 aliphatic carbocycles. The predicted molar refractivity (Wildman–Crippen MR) is 80.7 cm³/mol. The summed E-state index contributed by atoms with van der Waals surface area (Å²) < 4.78 is 1.77. The molecule has 0 radical (unpaired) electrons. The number of amides is 1. The van der Waals surface area contributed by atoms with E-state index < -0.39 is 5.54 Å². The summed E-state index contributed by atoms with van der Waals surface area (Å²) >= 11 is 0. The summed E-state index contributed by atoms with van der Waals surface area (Å²) in [5.41, 5.74) is -0.374. The highest BCUT2D eigenvalue weighted by atomic mass is 16.1. The Morgan fingerprint density at radius 2 is 2.29 bits per heavy atom. The Morgan fingerprint density at radius 1 is 1.57 bits per heavy atom. The van der Waals surface area contributed by atoms with Gasteiger partial charge in [0.1, 0.15) is 5.54 Å². The highest BCUT2D eigenvalue weighted by molar-refractivity contribution is 5.94. The van der Waals surface area contributed by atoms with E-state index in [0.717, 1.165) is 25.7 Å². The molecule has 114 valence electrons. The molecule has 5 nitrogen and oxygen atoms in total. The first kappa shape index (κ1) is 15.6. The molecular formula is C16H24N4O. The number of carbonyl (C=O) groups excluding carboxylic acids is 1. The van der Waals surface area contributed by atoms with E-state index in [0.29, 0.717) is 11.5 Å². The summed E-state index contributed by atoms with van der Waals surface area (Å²) in [4.78, 5) is 12.4. The quantitative estimate of drug-likeness (QED) is 0.909. The zero-order valence-electron chi connectivity index (χ0n) is 13.3. The Kier molecular flexibility index (Phi) is 4.08. The van der Waals surface area contributed by atoms with Gasteiger partial charge in [-0.25, -0.2) is 0 Å². The molecule has 1 N–H and O–H groups in total. The monoisotopic (exact) mass is 288 g/mol. The molecule has 0 saturated heterocycles. The predicted octanol–water partition coefficient (Wildman–Crippen LogP) is 2.84. The van der Waals surface area contributed by atoms with Crippen LogP contribution in [0.1, 0.15) is 63.7 Å². The molecule has 0 unspecified atom stereocenters.